The summed E-state index contributed by atoms with van der Waals surface area (Å²) in [5.74, 6) is 0.789. The molecular weight excluding hydrogens is 560 g/mol. The van der Waals surface area contributed by atoms with Crippen molar-refractivity contribution in [3.05, 3.63) is 108 Å². The van der Waals surface area contributed by atoms with Crippen molar-refractivity contribution in [3.63, 3.8) is 0 Å². The van der Waals surface area contributed by atoms with Gasteiger partial charge in [-0.3, -0.25) is 10.1 Å². The number of nitrogens with zero attached hydrogens (tertiary/aromatic N) is 2. The van der Waals surface area contributed by atoms with E-state index in [-0.39, 0.29) is 10.8 Å². The fourth-order valence-electron chi connectivity index (χ4n) is 6.00. The second-order valence-corrected chi connectivity index (χ2v) is 12.0. The Balaban J connectivity index is 1.45. The third kappa shape index (κ3) is 5.62. The number of allylic oxidation sites excluding steroid dienone is 6. The minimum Gasteiger partial charge on any atom is -0.691 e. The number of para-hydroxylation sites is 1. The molecule has 0 aromatic heterocycles. The normalized spacial score (nSPS) is 18.4. The summed E-state index contributed by atoms with van der Waals surface area (Å²) in [6.45, 7) is 8.78. The van der Waals surface area contributed by atoms with E-state index in [1.807, 2.05) is 36.4 Å². The van der Waals surface area contributed by atoms with Gasteiger partial charge in [0, 0.05) is 34.5 Å². The summed E-state index contributed by atoms with van der Waals surface area (Å²) in [7, 11) is 0. The van der Waals surface area contributed by atoms with E-state index in [1.54, 1.807) is 0 Å². The van der Waals surface area contributed by atoms with Gasteiger partial charge < -0.3 is 15.4 Å². The van der Waals surface area contributed by atoms with Crippen LogP contribution >= 0.6 is 24.1 Å². The van der Waals surface area contributed by atoms with Crippen LogP contribution in [0.4, 0.5) is 11.4 Å². The van der Waals surface area contributed by atoms with E-state index in [4.69, 9.17) is 0 Å². The van der Waals surface area contributed by atoms with Crippen LogP contribution in [0.25, 0.3) is 10.8 Å². The Kier molecular flexibility index (Phi) is 9.03. The van der Waals surface area contributed by atoms with E-state index in [9.17, 15) is 10.5 Å². The van der Waals surface area contributed by atoms with Crippen molar-refractivity contribution < 1.29 is 33.8 Å². The van der Waals surface area contributed by atoms with Crippen molar-refractivity contribution in [2.24, 2.45) is 0 Å². The lowest BCUT2D eigenvalue weighted by Crippen LogP contribution is -2.27. The first kappa shape index (κ1) is 29.6. The predicted molar refractivity (Wildman–Crippen MR) is 159 cm³/mol. The molecule has 0 unspecified atom stereocenters. The zero-order valence-electron chi connectivity index (χ0n) is 23.2. The topological polar surface area (TPSA) is 89.3 Å². The van der Waals surface area contributed by atoms with E-state index in [0.29, 0.717) is 11.8 Å². The van der Waals surface area contributed by atoms with Gasteiger partial charge in [-0.25, -0.2) is 0 Å². The van der Waals surface area contributed by atoms with Gasteiger partial charge in [0.25, 0.3) is 0 Å². The summed E-state index contributed by atoms with van der Waals surface area (Å²) in [5, 5.41) is 30.4. The highest BCUT2D eigenvalue weighted by Crippen LogP contribution is 2.48. The molecule has 0 spiro atoms. The molecule has 8 nitrogen and oxygen atoms in total. The van der Waals surface area contributed by atoms with E-state index in [1.165, 1.54) is 21.9 Å². The molecular formula is C31H31N2O6S2-. The van der Waals surface area contributed by atoms with Crippen molar-refractivity contribution in [1.82, 2.24) is 0 Å². The summed E-state index contributed by atoms with van der Waals surface area (Å²) in [6.07, 6.45) is 10.2. The lowest BCUT2D eigenvalue weighted by atomic mass is 9.79. The van der Waals surface area contributed by atoms with E-state index >= 15 is 0 Å². The van der Waals surface area contributed by atoms with Crippen molar-refractivity contribution in [2.45, 2.75) is 38.5 Å². The summed E-state index contributed by atoms with van der Waals surface area (Å²) in [4.78, 5) is 2.13. The molecule has 0 atom stereocenters. The Morgan fingerprint density at radius 2 is 1.56 bits per heavy atom. The predicted octanol–water partition coefficient (Wildman–Crippen LogP) is 5.67. The zero-order chi connectivity index (χ0) is 29.0. The third-order valence-corrected chi connectivity index (χ3v) is 8.83. The Bertz CT molecular complexity index is 1550. The number of hydrogen-bond donors (Lipinski definition) is 0. The first-order chi connectivity index (χ1) is 19.8. The number of fused-ring (bicyclic) bond motifs is 4. The van der Waals surface area contributed by atoms with Crippen molar-refractivity contribution >= 4 is 51.9 Å². The molecule has 0 N–H and O–H groups in total. The van der Waals surface area contributed by atoms with Gasteiger partial charge in [-0.2, -0.15) is 13.2 Å². The molecule has 214 valence electrons. The second kappa shape index (κ2) is 12.5. The lowest BCUT2D eigenvalue weighted by molar-refractivity contribution is -0.777. The number of rotatable bonds is 11. The molecule has 2 heterocycles. The first-order valence-electron chi connectivity index (χ1n) is 13.1. The molecule has 2 aliphatic heterocycles. The van der Waals surface area contributed by atoms with E-state index in [2.05, 4.69) is 111 Å². The van der Waals surface area contributed by atoms with Crippen LogP contribution in [0, 0.1) is 0 Å². The van der Waals surface area contributed by atoms with E-state index < -0.39 is 0 Å². The molecule has 3 aromatic carbocycles. The SMILES string of the molecule is CC1(C)C(/C=C/C=C/C=C2/N(CSOO[O-])c3ccccc3C2(C)C)=[N+](CSOO[O-])c2ccc3ccccc3c21. The van der Waals surface area contributed by atoms with Crippen LogP contribution in [0.15, 0.2) is 96.7 Å². The Morgan fingerprint density at radius 1 is 0.829 bits per heavy atom. The Morgan fingerprint density at radius 3 is 2.37 bits per heavy atom. The summed E-state index contributed by atoms with van der Waals surface area (Å²) < 4.78 is 11.3. The summed E-state index contributed by atoms with van der Waals surface area (Å²) in [6, 6.07) is 20.8. The number of benzene rings is 3. The Labute approximate surface area is 248 Å². The van der Waals surface area contributed by atoms with Gasteiger partial charge in [0.15, 0.2) is 5.71 Å². The van der Waals surface area contributed by atoms with Gasteiger partial charge in [-0.1, -0.05) is 74.5 Å². The van der Waals surface area contributed by atoms with Gasteiger partial charge in [-0.15, -0.1) is 0 Å². The maximum absolute atomic E-state index is 10.5. The minimum absolute atomic E-state index is 0.244. The molecule has 0 amide bonds. The second-order valence-electron chi connectivity index (χ2n) is 10.8. The highest BCUT2D eigenvalue weighted by molar-refractivity contribution is 7.94. The lowest BCUT2D eigenvalue weighted by Gasteiger charge is -2.26. The highest BCUT2D eigenvalue weighted by atomic mass is 32.2. The van der Waals surface area contributed by atoms with Crippen molar-refractivity contribution in [2.75, 3.05) is 16.7 Å². The molecule has 0 aliphatic carbocycles. The van der Waals surface area contributed by atoms with Crippen LogP contribution in [0.5, 0.6) is 0 Å². The summed E-state index contributed by atoms with van der Waals surface area (Å²) in [5.41, 5.74) is 6.17. The van der Waals surface area contributed by atoms with Crippen LogP contribution in [-0.4, -0.2) is 22.0 Å². The smallest absolute Gasteiger partial charge is 0.223 e. The van der Waals surface area contributed by atoms with E-state index in [0.717, 1.165) is 46.9 Å². The number of hydrogen-bond acceptors (Lipinski definition) is 9. The molecule has 2 aliphatic rings. The fraction of sp³-hybridized carbons (Fsp3) is 0.258. The summed E-state index contributed by atoms with van der Waals surface area (Å²) >= 11 is 1.89. The van der Waals surface area contributed by atoms with Crippen LogP contribution < -0.4 is 15.4 Å². The van der Waals surface area contributed by atoms with Crippen LogP contribution in [0.1, 0.15) is 38.8 Å². The van der Waals surface area contributed by atoms with Crippen molar-refractivity contribution in [3.8, 4) is 0 Å². The molecule has 10 heteroatoms. The monoisotopic (exact) mass is 591 g/mol. The number of anilines is 1. The minimum atomic E-state index is -0.301. The van der Waals surface area contributed by atoms with Crippen molar-refractivity contribution in [1.29, 1.82) is 0 Å². The van der Waals surface area contributed by atoms with Gasteiger partial charge in [0.1, 0.15) is 12.0 Å². The van der Waals surface area contributed by atoms with Gasteiger partial charge in [-0.05, 0) is 48.4 Å². The Hall–Kier alpha value is -2.93. The van der Waals surface area contributed by atoms with Crippen LogP contribution in [0.2, 0.25) is 0 Å². The maximum atomic E-state index is 10.5. The molecule has 41 heavy (non-hydrogen) atoms. The van der Waals surface area contributed by atoms with Crippen LogP contribution in [-0.2, 0) is 29.6 Å². The molecule has 0 fully saturated rings. The molecule has 5 rings (SSSR count). The average Bonchev–Trinajstić information content (AvgIpc) is 3.32. The van der Waals surface area contributed by atoms with Gasteiger partial charge in [0.2, 0.25) is 11.6 Å². The third-order valence-electron chi connectivity index (χ3n) is 7.80. The average molecular weight is 592 g/mol. The molecule has 0 bridgehead atoms. The fourth-order valence-corrected chi connectivity index (χ4v) is 6.93. The van der Waals surface area contributed by atoms with Crippen LogP contribution in [0.3, 0.4) is 0 Å². The quantitative estimate of drug-likeness (QED) is 0.0699. The molecule has 0 saturated carbocycles. The van der Waals surface area contributed by atoms with Gasteiger partial charge in [0.05, 0.1) is 23.3 Å². The molecule has 0 saturated heterocycles. The maximum Gasteiger partial charge on any atom is 0.223 e. The standard InChI is InChI=1S/C31H32N2O6S2/c1-30(2)24-14-10-11-15-25(24)32(20-40-38-36-34)27(30)16-6-5-7-17-28-31(3,4)29-23-13-9-8-12-22(23)18-19-26(29)33(28)21-41-39-37-35/h5-19H,20-21H2,1-4H3,(H-,34,35)/p-1. The molecule has 0 radical (unpaired) electrons. The molecule has 3 aromatic rings. The zero-order valence-corrected chi connectivity index (χ0v) is 24.9. The largest absolute Gasteiger partial charge is 0.691 e. The van der Waals surface area contributed by atoms with Gasteiger partial charge >= 0.3 is 0 Å². The first-order valence-corrected chi connectivity index (χ1v) is 14.9. The highest BCUT2D eigenvalue weighted by Gasteiger charge is 2.45.